The van der Waals surface area contributed by atoms with Crippen LogP contribution in [0.4, 0.5) is 0 Å². The zero-order valence-electron chi connectivity index (χ0n) is 10.7. The van der Waals surface area contributed by atoms with Crippen molar-refractivity contribution >= 4 is 18.4 Å². The maximum absolute atomic E-state index is 6.20. The van der Waals surface area contributed by atoms with Gasteiger partial charge in [0, 0.05) is 6.04 Å². The lowest BCUT2D eigenvalue weighted by Gasteiger charge is -2.29. The van der Waals surface area contributed by atoms with Gasteiger partial charge in [-0.1, -0.05) is 30.3 Å². The molecule has 0 saturated carbocycles. The number of benzene rings is 1. The lowest BCUT2D eigenvalue weighted by molar-refractivity contribution is 0.212. The van der Waals surface area contributed by atoms with Gasteiger partial charge in [0.2, 0.25) is 6.57 Å². The minimum atomic E-state index is -2.01. The molecule has 94 valence electrons. The smallest absolute Gasteiger partial charge is 0.203 e. The molecule has 5 heteroatoms. The van der Waals surface area contributed by atoms with Crippen LogP contribution in [0.15, 0.2) is 30.3 Å². The molecule has 0 bridgehead atoms. The van der Waals surface area contributed by atoms with Gasteiger partial charge in [-0.05, 0) is 45.4 Å². The molecule has 1 aliphatic heterocycles. The van der Waals surface area contributed by atoms with E-state index in [2.05, 4.69) is 30.8 Å². The quantitative estimate of drug-likeness (QED) is 0.768. The summed E-state index contributed by atoms with van der Waals surface area (Å²) in [5.41, 5.74) is 1.21. The predicted molar refractivity (Wildman–Crippen MR) is 75.5 cm³/mol. The van der Waals surface area contributed by atoms with E-state index < -0.39 is 6.57 Å². The highest BCUT2D eigenvalue weighted by Crippen LogP contribution is 2.63. The normalized spacial score (nSPS) is 34.4. The lowest BCUT2D eigenvalue weighted by Crippen LogP contribution is -2.26. The summed E-state index contributed by atoms with van der Waals surface area (Å²) in [5, 5.41) is 0. The summed E-state index contributed by atoms with van der Waals surface area (Å²) in [6.07, 6.45) is 0.0782. The maximum atomic E-state index is 6.20. The SMILES string of the molecule is C[C@@H]1[C@H](c2ccccc2)O[P@](=S)(N(C)C)N1C. The molecule has 3 atom stereocenters. The Balaban J connectivity index is 2.32. The van der Waals surface area contributed by atoms with Crippen molar-refractivity contribution in [2.24, 2.45) is 0 Å². The van der Waals surface area contributed by atoms with E-state index in [0.29, 0.717) is 6.04 Å². The molecule has 0 unspecified atom stereocenters. The molecule has 1 saturated heterocycles. The Bertz CT molecular complexity index is 437. The lowest BCUT2D eigenvalue weighted by atomic mass is 10.0. The van der Waals surface area contributed by atoms with Gasteiger partial charge in [-0.3, -0.25) is 0 Å². The van der Waals surface area contributed by atoms with E-state index in [1.807, 2.05) is 37.0 Å². The molecular formula is C12H19N2OPS. The second-order valence-electron chi connectivity index (χ2n) is 4.59. The van der Waals surface area contributed by atoms with Crippen LogP contribution in [-0.4, -0.2) is 36.5 Å². The van der Waals surface area contributed by atoms with Crippen LogP contribution in [0, 0.1) is 0 Å². The van der Waals surface area contributed by atoms with Gasteiger partial charge < -0.3 is 4.52 Å². The Morgan fingerprint density at radius 3 is 2.35 bits per heavy atom. The zero-order valence-corrected chi connectivity index (χ0v) is 12.4. The second-order valence-corrected chi connectivity index (χ2v) is 8.64. The molecule has 1 fully saturated rings. The Hall–Kier alpha value is -0.250. The molecular weight excluding hydrogens is 251 g/mol. The third-order valence-corrected chi connectivity index (χ3v) is 8.00. The van der Waals surface area contributed by atoms with E-state index in [-0.39, 0.29) is 6.10 Å². The van der Waals surface area contributed by atoms with E-state index in [1.54, 1.807) is 0 Å². The Labute approximate surface area is 109 Å². The second kappa shape index (κ2) is 4.79. The van der Waals surface area contributed by atoms with Gasteiger partial charge in [0.05, 0.1) is 0 Å². The number of likely N-dealkylation sites (N-methyl/N-ethyl adjacent to an activating group) is 1. The Morgan fingerprint density at radius 1 is 1.29 bits per heavy atom. The summed E-state index contributed by atoms with van der Waals surface area (Å²) in [4.78, 5) is 0. The minimum absolute atomic E-state index is 0.0782. The number of hydrogen-bond acceptors (Lipinski definition) is 2. The van der Waals surface area contributed by atoms with Gasteiger partial charge in [0.1, 0.15) is 6.10 Å². The van der Waals surface area contributed by atoms with Crippen LogP contribution in [0.25, 0.3) is 0 Å². The average molecular weight is 270 g/mol. The summed E-state index contributed by atoms with van der Waals surface area (Å²) in [7, 11) is 6.06. The summed E-state index contributed by atoms with van der Waals surface area (Å²) in [5.74, 6) is 0. The molecule has 0 aliphatic carbocycles. The van der Waals surface area contributed by atoms with Crippen molar-refractivity contribution in [2.75, 3.05) is 21.1 Å². The largest absolute Gasteiger partial charge is 0.317 e. The fraction of sp³-hybridized carbons (Fsp3) is 0.500. The van der Waals surface area contributed by atoms with Crippen LogP contribution in [-0.2, 0) is 16.3 Å². The third kappa shape index (κ3) is 2.20. The molecule has 3 nitrogen and oxygen atoms in total. The molecule has 0 aromatic heterocycles. The van der Waals surface area contributed by atoms with Crippen LogP contribution in [0.1, 0.15) is 18.6 Å². The van der Waals surface area contributed by atoms with E-state index in [1.165, 1.54) is 5.56 Å². The van der Waals surface area contributed by atoms with Crippen molar-refractivity contribution in [1.82, 2.24) is 9.34 Å². The standard InChI is InChI=1S/C12H19N2OPS/c1-10-12(11-8-6-5-7-9-11)15-16(17,13(2)3)14(10)4/h5-10,12H,1-4H3/t10-,12-,16+/m1/s1. The molecule has 17 heavy (non-hydrogen) atoms. The predicted octanol–water partition coefficient (Wildman–Crippen LogP) is 2.86. The number of rotatable bonds is 2. The van der Waals surface area contributed by atoms with Gasteiger partial charge >= 0.3 is 0 Å². The van der Waals surface area contributed by atoms with Crippen LogP contribution < -0.4 is 0 Å². The fourth-order valence-electron chi connectivity index (χ4n) is 2.10. The van der Waals surface area contributed by atoms with Gasteiger partial charge in [-0.25, -0.2) is 9.34 Å². The maximum Gasteiger partial charge on any atom is 0.203 e. The fourth-order valence-corrected chi connectivity index (χ4v) is 4.90. The average Bonchev–Trinajstić information content (AvgIpc) is 2.56. The molecule has 1 aromatic carbocycles. The Morgan fingerprint density at radius 2 is 1.88 bits per heavy atom. The van der Waals surface area contributed by atoms with Crippen molar-refractivity contribution in [2.45, 2.75) is 19.1 Å². The Kier molecular flexibility index (Phi) is 3.71. The van der Waals surface area contributed by atoms with Crippen LogP contribution >= 0.6 is 6.57 Å². The molecule has 0 amide bonds. The molecule has 2 rings (SSSR count). The molecule has 1 heterocycles. The summed E-state index contributed by atoms with van der Waals surface area (Å²) >= 11 is 5.71. The minimum Gasteiger partial charge on any atom is -0.317 e. The van der Waals surface area contributed by atoms with Crippen molar-refractivity contribution in [1.29, 1.82) is 0 Å². The van der Waals surface area contributed by atoms with Crippen molar-refractivity contribution < 1.29 is 4.52 Å². The highest BCUT2D eigenvalue weighted by Gasteiger charge is 2.44. The van der Waals surface area contributed by atoms with Gasteiger partial charge in [0.15, 0.2) is 0 Å². The summed E-state index contributed by atoms with van der Waals surface area (Å²) in [6, 6.07) is 10.6. The van der Waals surface area contributed by atoms with Crippen LogP contribution in [0.2, 0.25) is 0 Å². The summed E-state index contributed by atoms with van der Waals surface area (Å²) in [6.45, 7) is 0.165. The highest BCUT2D eigenvalue weighted by molar-refractivity contribution is 8.10. The first-order valence-electron chi connectivity index (χ1n) is 5.71. The molecule has 1 aromatic rings. The third-order valence-electron chi connectivity index (χ3n) is 3.31. The van der Waals surface area contributed by atoms with Gasteiger partial charge in [-0.2, -0.15) is 0 Å². The summed E-state index contributed by atoms with van der Waals surface area (Å²) < 4.78 is 10.5. The van der Waals surface area contributed by atoms with Crippen molar-refractivity contribution in [3.63, 3.8) is 0 Å². The van der Waals surface area contributed by atoms with E-state index in [0.717, 1.165) is 0 Å². The molecule has 0 spiro atoms. The first kappa shape index (κ1) is 13.2. The monoisotopic (exact) mass is 270 g/mol. The topological polar surface area (TPSA) is 15.7 Å². The van der Waals surface area contributed by atoms with E-state index in [4.69, 9.17) is 16.3 Å². The van der Waals surface area contributed by atoms with Crippen molar-refractivity contribution in [3.05, 3.63) is 35.9 Å². The van der Waals surface area contributed by atoms with Gasteiger partial charge in [-0.15, -0.1) is 0 Å². The number of nitrogens with zero attached hydrogens (tertiary/aromatic N) is 2. The van der Waals surface area contributed by atoms with Crippen LogP contribution in [0.3, 0.4) is 0 Å². The zero-order chi connectivity index (χ0) is 12.6. The number of hydrogen-bond donors (Lipinski definition) is 0. The molecule has 0 N–H and O–H groups in total. The van der Waals surface area contributed by atoms with Gasteiger partial charge in [0.25, 0.3) is 0 Å². The highest BCUT2D eigenvalue weighted by atomic mass is 32.5. The molecule has 1 aliphatic rings. The molecule has 0 radical (unpaired) electrons. The first-order chi connectivity index (χ1) is 7.97. The van der Waals surface area contributed by atoms with Crippen molar-refractivity contribution in [3.8, 4) is 0 Å². The van der Waals surface area contributed by atoms with E-state index in [9.17, 15) is 0 Å². The first-order valence-corrected chi connectivity index (χ1v) is 8.34. The van der Waals surface area contributed by atoms with Crippen LogP contribution in [0.5, 0.6) is 0 Å². The van der Waals surface area contributed by atoms with E-state index >= 15 is 0 Å².